The van der Waals surface area contributed by atoms with Crippen LogP contribution in [-0.2, 0) is 6.42 Å². The normalized spacial score (nSPS) is 16.3. The fourth-order valence-electron chi connectivity index (χ4n) is 4.14. The summed E-state index contributed by atoms with van der Waals surface area (Å²) < 4.78 is 1.86. The Balaban J connectivity index is 1.56. The molecule has 0 N–H and O–H groups in total. The van der Waals surface area contributed by atoms with Gasteiger partial charge in [0.2, 0.25) is 0 Å². The lowest BCUT2D eigenvalue weighted by atomic mass is 9.86. The fourth-order valence-corrected chi connectivity index (χ4v) is 4.26. The molecule has 30 heavy (non-hydrogen) atoms. The number of hydrogen-bond donors (Lipinski definition) is 0. The molecule has 2 aromatic heterocycles. The van der Waals surface area contributed by atoms with Crippen LogP contribution in [0.2, 0.25) is 5.02 Å². The van der Waals surface area contributed by atoms with Crippen LogP contribution in [0.25, 0.3) is 22.9 Å². The lowest BCUT2D eigenvalue weighted by Crippen LogP contribution is -2.22. The molecule has 148 valence electrons. The van der Waals surface area contributed by atoms with Gasteiger partial charge in [-0.3, -0.25) is 4.79 Å². The Labute approximate surface area is 179 Å². The third-order valence-electron chi connectivity index (χ3n) is 5.62. The van der Waals surface area contributed by atoms with Gasteiger partial charge in [-0.1, -0.05) is 66.2 Å². The predicted octanol–water partition coefficient (Wildman–Crippen LogP) is 5.82. The molecule has 0 saturated carbocycles. The number of allylic oxidation sites excluding steroid dienone is 1. The summed E-state index contributed by atoms with van der Waals surface area (Å²) in [5, 5.41) is 5.45. The first kappa shape index (κ1) is 18.8. The van der Waals surface area contributed by atoms with Crippen LogP contribution in [0.3, 0.4) is 0 Å². The van der Waals surface area contributed by atoms with Crippen molar-refractivity contribution >= 4 is 29.1 Å². The number of carbonyl (C=O) groups is 1. The molecule has 4 nitrogen and oxygen atoms in total. The molecule has 1 aliphatic carbocycles. The Hall–Kier alpha value is -3.24. The van der Waals surface area contributed by atoms with Gasteiger partial charge in [0.25, 0.3) is 0 Å². The number of nitrogens with zero attached hydrogens (tertiary/aromatic N) is 3. The predicted molar refractivity (Wildman–Crippen MR) is 120 cm³/mol. The van der Waals surface area contributed by atoms with E-state index < -0.39 is 0 Å². The number of Topliss-reactive ketones (excluding diaryl/α,β-unsaturated/α-hetero) is 1. The number of benzene rings is 2. The SMILES string of the molecule is Cc1nn2c3c(cnc2c1-c1ccc(Cl)cc1)C(=O)C[C@H](/C=C/c1ccccc1)C3. The van der Waals surface area contributed by atoms with E-state index in [0.717, 1.165) is 40.1 Å². The molecular weight excluding hydrogens is 394 g/mol. The molecule has 2 aromatic carbocycles. The molecule has 0 aliphatic heterocycles. The number of aromatic nitrogens is 3. The minimum absolute atomic E-state index is 0.120. The van der Waals surface area contributed by atoms with Crippen molar-refractivity contribution in [2.24, 2.45) is 5.92 Å². The van der Waals surface area contributed by atoms with Crippen LogP contribution in [0, 0.1) is 12.8 Å². The summed E-state index contributed by atoms with van der Waals surface area (Å²) in [6.45, 7) is 1.97. The summed E-state index contributed by atoms with van der Waals surface area (Å²) in [4.78, 5) is 17.4. The Morgan fingerprint density at radius 1 is 1.07 bits per heavy atom. The van der Waals surface area contributed by atoms with Crippen LogP contribution in [0.15, 0.2) is 66.9 Å². The van der Waals surface area contributed by atoms with E-state index in [-0.39, 0.29) is 11.7 Å². The number of aryl methyl sites for hydroxylation is 1. The third kappa shape index (κ3) is 3.33. The van der Waals surface area contributed by atoms with E-state index in [2.05, 4.69) is 29.3 Å². The van der Waals surface area contributed by atoms with Crippen molar-refractivity contribution in [1.82, 2.24) is 14.6 Å². The van der Waals surface area contributed by atoms with Gasteiger partial charge in [0.15, 0.2) is 11.4 Å². The van der Waals surface area contributed by atoms with E-state index in [9.17, 15) is 4.79 Å². The van der Waals surface area contributed by atoms with Crippen LogP contribution in [0.1, 0.15) is 33.7 Å². The zero-order valence-electron chi connectivity index (χ0n) is 16.5. The minimum atomic E-state index is 0.120. The number of halogens is 1. The summed E-state index contributed by atoms with van der Waals surface area (Å²) in [5.41, 5.74) is 6.39. The lowest BCUT2D eigenvalue weighted by Gasteiger charge is -2.21. The lowest BCUT2D eigenvalue weighted by molar-refractivity contribution is 0.0957. The van der Waals surface area contributed by atoms with Crippen molar-refractivity contribution in [3.8, 4) is 11.1 Å². The first-order valence-corrected chi connectivity index (χ1v) is 10.4. The molecule has 5 heteroatoms. The van der Waals surface area contributed by atoms with Gasteiger partial charge in [0.05, 0.1) is 17.0 Å². The van der Waals surface area contributed by atoms with Gasteiger partial charge in [0.1, 0.15) is 0 Å². The second-order valence-corrected chi connectivity index (χ2v) is 8.12. The molecule has 0 radical (unpaired) electrons. The summed E-state index contributed by atoms with van der Waals surface area (Å²) in [6.07, 6.45) is 7.19. The van der Waals surface area contributed by atoms with Crippen LogP contribution < -0.4 is 0 Å². The molecule has 4 aromatic rings. The summed E-state index contributed by atoms with van der Waals surface area (Å²) >= 11 is 6.05. The number of ketones is 1. The fraction of sp³-hybridized carbons (Fsp3) is 0.160. The highest BCUT2D eigenvalue weighted by Crippen LogP contribution is 2.32. The molecule has 0 amide bonds. The highest BCUT2D eigenvalue weighted by atomic mass is 35.5. The smallest absolute Gasteiger partial charge is 0.166 e. The molecule has 1 aliphatic rings. The maximum absolute atomic E-state index is 12.8. The highest BCUT2D eigenvalue weighted by Gasteiger charge is 2.28. The average Bonchev–Trinajstić information content (AvgIpc) is 3.10. The van der Waals surface area contributed by atoms with Gasteiger partial charge in [0, 0.05) is 23.2 Å². The molecule has 5 rings (SSSR count). The standard InChI is InChI=1S/C25H20ClN3O/c1-16-24(19-9-11-20(26)12-10-19)25-27-15-21-22(29(25)28-16)13-18(14-23(21)30)8-7-17-5-3-2-4-6-17/h2-12,15,18H,13-14H2,1H3/b8-7+/t18-/m1/s1. The van der Waals surface area contributed by atoms with Crippen molar-refractivity contribution in [3.05, 3.63) is 94.4 Å². The number of fused-ring (bicyclic) bond motifs is 3. The molecule has 0 unspecified atom stereocenters. The minimum Gasteiger partial charge on any atom is -0.294 e. The van der Waals surface area contributed by atoms with Crippen molar-refractivity contribution in [1.29, 1.82) is 0 Å². The van der Waals surface area contributed by atoms with Crippen molar-refractivity contribution in [3.63, 3.8) is 0 Å². The van der Waals surface area contributed by atoms with E-state index in [1.165, 1.54) is 0 Å². The van der Waals surface area contributed by atoms with Gasteiger partial charge >= 0.3 is 0 Å². The Morgan fingerprint density at radius 3 is 2.60 bits per heavy atom. The second kappa shape index (κ2) is 7.54. The monoisotopic (exact) mass is 413 g/mol. The van der Waals surface area contributed by atoms with Crippen molar-refractivity contribution < 1.29 is 4.79 Å². The van der Waals surface area contributed by atoms with Crippen LogP contribution in [0.5, 0.6) is 0 Å². The number of rotatable bonds is 3. The Bertz CT molecular complexity index is 1270. The van der Waals surface area contributed by atoms with Gasteiger partial charge in [-0.25, -0.2) is 9.50 Å². The van der Waals surface area contributed by atoms with E-state index in [1.54, 1.807) is 6.20 Å². The third-order valence-corrected chi connectivity index (χ3v) is 5.87. The van der Waals surface area contributed by atoms with Crippen LogP contribution in [-0.4, -0.2) is 20.4 Å². The van der Waals surface area contributed by atoms with E-state index in [0.29, 0.717) is 17.0 Å². The molecule has 0 bridgehead atoms. The topological polar surface area (TPSA) is 47.3 Å². The number of hydrogen-bond acceptors (Lipinski definition) is 3. The summed E-state index contributed by atoms with van der Waals surface area (Å²) in [6, 6.07) is 17.8. The maximum Gasteiger partial charge on any atom is 0.166 e. The summed E-state index contributed by atoms with van der Waals surface area (Å²) in [5.74, 6) is 0.258. The van der Waals surface area contributed by atoms with Gasteiger partial charge in [-0.2, -0.15) is 5.10 Å². The maximum atomic E-state index is 12.8. The molecule has 0 fully saturated rings. The summed E-state index contributed by atoms with van der Waals surface area (Å²) in [7, 11) is 0. The number of carbonyl (C=O) groups excluding carboxylic acids is 1. The molecule has 1 atom stereocenters. The van der Waals surface area contributed by atoms with E-state index in [1.807, 2.05) is 53.9 Å². The molecule has 0 saturated heterocycles. The first-order chi connectivity index (χ1) is 14.6. The highest BCUT2D eigenvalue weighted by molar-refractivity contribution is 6.30. The van der Waals surface area contributed by atoms with Crippen LogP contribution >= 0.6 is 11.6 Å². The quantitative estimate of drug-likeness (QED) is 0.425. The first-order valence-electron chi connectivity index (χ1n) is 10.00. The Kier molecular flexibility index (Phi) is 4.72. The molecular formula is C25H20ClN3O. The molecule has 0 spiro atoms. The largest absolute Gasteiger partial charge is 0.294 e. The van der Waals surface area contributed by atoms with Gasteiger partial charge < -0.3 is 0 Å². The van der Waals surface area contributed by atoms with Gasteiger partial charge in [-0.05, 0) is 42.5 Å². The van der Waals surface area contributed by atoms with E-state index in [4.69, 9.17) is 16.7 Å². The average molecular weight is 414 g/mol. The Morgan fingerprint density at radius 2 is 1.83 bits per heavy atom. The van der Waals surface area contributed by atoms with Gasteiger partial charge in [-0.15, -0.1) is 0 Å². The van der Waals surface area contributed by atoms with Crippen molar-refractivity contribution in [2.45, 2.75) is 19.8 Å². The zero-order valence-corrected chi connectivity index (χ0v) is 17.3. The zero-order chi connectivity index (χ0) is 20.7. The molecule has 2 heterocycles. The van der Waals surface area contributed by atoms with Crippen LogP contribution in [0.4, 0.5) is 0 Å². The van der Waals surface area contributed by atoms with Crippen molar-refractivity contribution in [2.75, 3.05) is 0 Å². The second-order valence-electron chi connectivity index (χ2n) is 7.68. The van der Waals surface area contributed by atoms with E-state index >= 15 is 0 Å².